The van der Waals surface area contributed by atoms with Gasteiger partial charge in [0.05, 0.1) is 6.54 Å². The Balaban J connectivity index is 1.86. The number of nitrogens with zero attached hydrogens (tertiary/aromatic N) is 1. The van der Waals surface area contributed by atoms with Gasteiger partial charge in [0, 0.05) is 23.7 Å². The standard InChI is InChI=1S/C20H22ClNO4/c1-2-7-25-13-19(24)22-6-8-26-20-16(12-22)9-15(11-18(20)23)14-4-3-5-17(21)10-14/h3-5,9-11,23H,2,6-8,12-13H2,1H3. The van der Waals surface area contributed by atoms with E-state index in [4.69, 9.17) is 21.1 Å². The first-order chi connectivity index (χ1) is 12.6. The third-order valence-electron chi connectivity index (χ3n) is 4.20. The quantitative estimate of drug-likeness (QED) is 0.806. The number of carbonyl (C=O) groups is 1. The fraction of sp³-hybridized carbons (Fsp3) is 0.350. The average molecular weight is 376 g/mol. The second-order valence-corrected chi connectivity index (χ2v) is 6.65. The number of amides is 1. The number of hydrogen-bond acceptors (Lipinski definition) is 4. The molecule has 0 unspecified atom stereocenters. The van der Waals surface area contributed by atoms with Gasteiger partial charge < -0.3 is 19.5 Å². The van der Waals surface area contributed by atoms with Crippen LogP contribution in [0.5, 0.6) is 11.5 Å². The van der Waals surface area contributed by atoms with E-state index in [0.717, 1.165) is 23.1 Å². The molecule has 5 nitrogen and oxygen atoms in total. The summed E-state index contributed by atoms with van der Waals surface area (Å²) < 4.78 is 11.0. The normalized spacial score (nSPS) is 13.7. The van der Waals surface area contributed by atoms with Gasteiger partial charge in [-0.25, -0.2) is 0 Å². The van der Waals surface area contributed by atoms with Gasteiger partial charge in [-0.05, 0) is 41.8 Å². The van der Waals surface area contributed by atoms with E-state index in [1.54, 1.807) is 17.0 Å². The van der Waals surface area contributed by atoms with Crippen LogP contribution < -0.4 is 4.74 Å². The highest BCUT2D eigenvalue weighted by molar-refractivity contribution is 6.30. The molecule has 26 heavy (non-hydrogen) atoms. The molecule has 6 heteroatoms. The minimum Gasteiger partial charge on any atom is -0.504 e. The predicted octanol–water partition coefficient (Wildman–Crippen LogP) is 3.86. The number of aromatic hydroxyl groups is 1. The Hall–Kier alpha value is -2.24. The Morgan fingerprint density at radius 2 is 2.15 bits per heavy atom. The summed E-state index contributed by atoms with van der Waals surface area (Å²) >= 11 is 6.08. The van der Waals surface area contributed by atoms with Crippen molar-refractivity contribution in [2.75, 3.05) is 26.4 Å². The largest absolute Gasteiger partial charge is 0.504 e. The zero-order chi connectivity index (χ0) is 18.5. The number of phenols is 1. The molecule has 0 spiro atoms. The van der Waals surface area contributed by atoms with E-state index in [1.165, 1.54) is 0 Å². The maximum atomic E-state index is 12.4. The van der Waals surface area contributed by atoms with Crippen LogP contribution in [0.15, 0.2) is 36.4 Å². The molecule has 0 aliphatic carbocycles. The third kappa shape index (κ3) is 4.29. The summed E-state index contributed by atoms with van der Waals surface area (Å²) in [7, 11) is 0. The lowest BCUT2D eigenvalue weighted by Crippen LogP contribution is -2.35. The summed E-state index contributed by atoms with van der Waals surface area (Å²) in [6.07, 6.45) is 0.871. The van der Waals surface area contributed by atoms with Gasteiger partial charge in [0.25, 0.3) is 0 Å². The minimum absolute atomic E-state index is 0.0587. The summed E-state index contributed by atoms with van der Waals surface area (Å²) in [6.45, 7) is 3.77. The van der Waals surface area contributed by atoms with Gasteiger partial charge in [-0.3, -0.25) is 4.79 Å². The number of rotatable bonds is 5. The average Bonchev–Trinajstić information content (AvgIpc) is 2.85. The van der Waals surface area contributed by atoms with Crippen LogP contribution in [0, 0.1) is 0 Å². The summed E-state index contributed by atoms with van der Waals surface area (Å²) in [5.41, 5.74) is 2.48. The number of benzene rings is 2. The van der Waals surface area contributed by atoms with Crippen molar-refractivity contribution in [3.05, 3.63) is 47.0 Å². The maximum absolute atomic E-state index is 12.4. The lowest BCUT2D eigenvalue weighted by Gasteiger charge is -2.20. The van der Waals surface area contributed by atoms with E-state index in [1.807, 2.05) is 31.2 Å². The summed E-state index contributed by atoms with van der Waals surface area (Å²) in [5.74, 6) is 0.414. The number of fused-ring (bicyclic) bond motifs is 1. The van der Waals surface area contributed by atoms with Crippen LogP contribution in [0.2, 0.25) is 5.02 Å². The fourth-order valence-electron chi connectivity index (χ4n) is 2.94. The summed E-state index contributed by atoms with van der Waals surface area (Å²) in [6, 6.07) is 11.0. The summed E-state index contributed by atoms with van der Waals surface area (Å²) in [4.78, 5) is 14.1. The maximum Gasteiger partial charge on any atom is 0.248 e. The number of phenolic OH excluding ortho intramolecular Hbond substituents is 1. The molecule has 0 fully saturated rings. The summed E-state index contributed by atoms with van der Waals surface area (Å²) in [5, 5.41) is 11.0. The molecule has 0 bridgehead atoms. The van der Waals surface area contributed by atoms with Crippen molar-refractivity contribution in [2.45, 2.75) is 19.9 Å². The fourth-order valence-corrected chi connectivity index (χ4v) is 3.13. The highest BCUT2D eigenvalue weighted by atomic mass is 35.5. The highest BCUT2D eigenvalue weighted by Gasteiger charge is 2.23. The molecular weight excluding hydrogens is 354 g/mol. The van der Waals surface area contributed by atoms with Crippen molar-refractivity contribution in [1.29, 1.82) is 0 Å². The topological polar surface area (TPSA) is 59.0 Å². The predicted molar refractivity (Wildman–Crippen MR) is 101 cm³/mol. The van der Waals surface area contributed by atoms with Crippen LogP contribution in [-0.2, 0) is 16.1 Å². The molecule has 1 aliphatic heterocycles. The number of hydrogen-bond donors (Lipinski definition) is 1. The van der Waals surface area contributed by atoms with Crippen LogP contribution >= 0.6 is 11.6 Å². The van der Waals surface area contributed by atoms with Crippen LogP contribution in [0.1, 0.15) is 18.9 Å². The Morgan fingerprint density at radius 3 is 2.92 bits per heavy atom. The van der Waals surface area contributed by atoms with Crippen LogP contribution in [0.4, 0.5) is 0 Å². The van der Waals surface area contributed by atoms with Gasteiger partial charge in [-0.1, -0.05) is 30.7 Å². The Bertz CT molecular complexity index is 793. The van der Waals surface area contributed by atoms with Crippen molar-refractivity contribution < 1.29 is 19.4 Å². The number of carbonyl (C=O) groups excluding carboxylic acids is 1. The first kappa shape index (κ1) is 18.5. The molecular formula is C20H22ClNO4. The molecule has 1 heterocycles. The van der Waals surface area contributed by atoms with Crippen molar-refractivity contribution >= 4 is 17.5 Å². The highest BCUT2D eigenvalue weighted by Crippen LogP contribution is 2.38. The van der Waals surface area contributed by atoms with E-state index < -0.39 is 0 Å². The second-order valence-electron chi connectivity index (χ2n) is 6.21. The van der Waals surface area contributed by atoms with Crippen molar-refractivity contribution in [2.24, 2.45) is 0 Å². The van der Waals surface area contributed by atoms with E-state index in [0.29, 0.717) is 37.1 Å². The molecule has 2 aromatic rings. The van der Waals surface area contributed by atoms with Crippen molar-refractivity contribution in [3.8, 4) is 22.6 Å². The molecule has 3 rings (SSSR count). The van der Waals surface area contributed by atoms with E-state index in [9.17, 15) is 9.90 Å². The molecule has 1 N–H and O–H groups in total. The molecule has 0 saturated carbocycles. The molecule has 0 atom stereocenters. The van der Waals surface area contributed by atoms with Gasteiger partial charge >= 0.3 is 0 Å². The van der Waals surface area contributed by atoms with Crippen LogP contribution in [0.3, 0.4) is 0 Å². The molecule has 138 valence electrons. The van der Waals surface area contributed by atoms with Crippen LogP contribution in [-0.4, -0.2) is 42.3 Å². The zero-order valence-electron chi connectivity index (χ0n) is 14.7. The SMILES string of the molecule is CCCOCC(=O)N1CCOc2c(O)cc(-c3cccc(Cl)c3)cc2C1. The molecule has 1 amide bonds. The number of halogens is 1. The minimum atomic E-state index is -0.0810. The molecule has 0 radical (unpaired) electrons. The second kappa shape index (κ2) is 8.43. The monoisotopic (exact) mass is 375 g/mol. The molecule has 1 aliphatic rings. The third-order valence-corrected chi connectivity index (χ3v) is 4.43. The van der Waals surface area contributed by atoms with Gasteiger partial charge in [-0.2, -0.15) is 0 Å². The first-order valence-corrected chi connectivity index (χ1v) is 9.06. The zero-order valence-corrected chi connectivity index (χ0v) is 15.5. The van der Waals surface area contributed by atoms with Gasteiger partial charge in [0.2, 0.25) is 5.91 Å². The lowest BCUT2D eigenvalue weighted by molar-refractivity contribution is -0.136. The lowest BCUT2D eigenvalue weighted by atomic mass is 10.0. The first-order valence-electron chi connectivity index (χ1n) is 8.68. The van der Waals surface area contributed by atoms with E-state index in [2.05, 4.69) is 0 Å². The Morgan fingerprint density at radius 1 is 1.31 bits per heavy atom. The Labute approximate surface area is 158 Å². The smallest absolute Gasteiger partial charge is 0.248 e. The molecule has 0 saturated heterocycles. The van der Waals surface area contributed by atoms with Crippen molar-refractivity contribution in [3.63, 3.8) is 0 Å². The van der Waals surface area contributed by atoms with E-state index in [-0.39, 0.29) is 18.3 Å². The van der Waals surface area contributed by atoms with Gasteiger partial charge in [0.1, 0.15) is 13.2 Å². The van der Waals surface area contributed by atoms with Crippen LogP contribution in [0.25, 0.3) is 11.1 Å². The van der Waals surface area contributed by atoms with Gasteiger partial charge in [-0.15, -0.1) is 0 Å². The number of ether oxygens (including phenoxy) is 2. The van der Waals surface area contributed by atoms with Crippen molar-refractivity contribution in [1.82, 2.24) is 4.90 Å². The molecule has 0 aromatic heterocycles. The van der Waals surface area contributed by atoms with Gasteiger partial charge in [0.15, 0.2) is 11.5 Å². The molecule has 2 aromatic carbocycles. The van der Waals surface area contributed by atoms with E-state index >= 15 is 0 Å². The Kier molecular flexibility index (Phi) is 6.01.